The zero-order chi connectivity index (χ0) is 24.1. The highest BCUT2D eigenvalue weighted by Gasteiger charge is 2.14. The monoisotopic (exact) mass is 459 g/mol. The van der Waals surface area contributed by atoms with E-state index in [0.717, 1.165) is 15.8 Å². The lowest BCUT2D eigenvalue weighted by Gasteiger charge is -2.10. The summed E-state index contributed by atoms with van der Waals surface area (Å²) in [5.74, 6) is -0.192. The Morgan fingerprint density at radius 1 is 1.03 bits per heavy atom. The number of amides is 2. The molecule has 4 rings (SSSR count). The molecule has 0 fully saturated rings. The fraction of sp³-hybridized carbons (Fsp3) is 0.200. The van der Waals surface area contributed by atoms with E-state index in [1.165, 1.54) is 10.6 Å². The summed E-state index contributed by atoms with van der Waals surface area (Å²) in [7, 11) is 0. The summed E-state index contributed by atoms with van der Waals surface area (Å²) < 4.78 is 7.82. The lowest BCUT2D eigenvalue weighted by Crippen LogP contribution is -2.29. The smallest absolute Gasteiger partial charge is 0.350 e. The number of pyridine rings is 1. The molecule has 9 nitrogen and oxygen atoms in total. The number of hydrogen-bond donors (Lipinski definition) is 2. The van der Waals surface area contributed by atoms with Crippen LogP contribution in [0.25, 0.3) is 5.65 Å². The van der Waals surface area contributed by atoms with Crippen LogP contribution in [0.3, 0.4) is 0 Å². The number of carbonyl (C=O) groups is 2. The van der Waals surface area contributed by atoms with Crippen LogP contribution in [0.2, 0.25) is 0 Å². The van der Waals surface area contributed by atoms with Crippen LogP contribution in [0.1, 0.15) is 28.4 Å². The van der Waals surface area contributed by atoms with Gasteiger partial charge in [-0.05, 0) is 43.7 Å². The number of para-hydroxylation sites is 2. The standard InChI is InChI=1S/C25H25N5O4/c1-3-34-21-7-5-4-6-20(21)27-23(31)16-30-25(33)29-15-19(12-13-22(29)28-30)24(32)26-14-18-10-8-17(2)9-11-18/h4-13,15H,3,14,16H2,1-2H3,(H,26,32)(H,27,31). The second-order valence-electron chi connectivity index (χ2n) is 7.73. The number of aromatic nitrogens is 3. The molecular weight excluding hydrogens is 434 g/mol. The molecule has 2 aromatic carbocycles. The molecule has 2 amide bonds. The highest BCUT2D eigenvalue weighted by molar-refractivity contribution is 5.94. The summed E-state index contributed by atoms with van der Waals surface area (Å²) in [6.45, 7) is 4.40. The summed E-state index contributed by atoms with van der Waals surface area (Å²) in [5.41, 5.74) is 2.76. The third-order valence-corrected chi connectivity index (χ3v) is 5.17. The summed E-state index contributed by atoms with van der Waals surface area (Å²) in [5, 5.41) is 9.79. The highest BCUT2D eigenvalue weighted by atomic mass is 16.5. The Balaban J connectivity index is 1.46. The first-order valence-electron chi connectivity index (χ1n) is 10.9. The fourth-order valence-corrected chi connectivity index (χ4v) is 3.42. The van der Waals surface area contributed by atoms with Crippen LogP contribution in [-0.4, -0.2) is 32.6 Å². The van der Waals surface area contributed by atoms with Crippen LogP contribution in [0.4, 0.5) is 5.69 Å². The van der Waals surface area contributed by atoms with Gasteiger partial charge in [0.05, 0.1) is 17.9 Å². The number of fused-ring (bicyclic) bond motifs is 1. The molecule has 0 radical (unpaired) electrons. The lowest BCUT2D eigenvalue weighted by molar-refractivity contribution is -0.117. The molecule has 174 valence electrons. The Kier molecular flexibility index (Phi) is 6.72. The van der Waals surface area contributed by atoms with Gasteiger partial charge in [0.1, 0.15) is 12.3 Å². The van der Waals surface area contributed by atoms with Crippen molar-refractivity contribution in [3.05, 3.63) is 94.0 Å². The minimum Gasteiger partial charge on any atom is -0.492 e. The molecule has 0 bridgehead atoms. The van der Waals surface area contributed by atoms with Crippen LogP contribution in [-0.2, 0) is 17.9 Å². The number of benzene rings is 2. The van der Waals surface area contributed by atoms with Gasteiger partial charge < -0.3 is 15.4 Å². The molecule has 2 heterocycles. The van der Waals surface area contributed by atoms with Crippen molar-refractivity contribution in [3.8, 4) is 5.75 Å². The van der Waals surface area contributed by atoms with Crippen molar-refractivity contribution in [2.75, 3.05) is 11.9 Å². The summed E-state index contributed by atoms with van der Waals surface area (Å²) in [6, 6.07) is 18.1. The van der Waals surface area contributed by atoms with Crippen molar-refractivity contribution >= 4 is 23.1 Å². The molecule has 0 aliphatic carbocycles. The van der Waals surface area contributed by atoms with E-state index in [4.69, 9.17) is 4.74 Å². The first kappa shape index (κ1) is 22.8. The molecule has 0 aliphatic rings. The number of nitrogens with zero attached hydrogens (tertiary/aromatic N) is 3. The average Bonchev–Trinajstić information content (AvgIpc) is 3.14. The van der Waals surface area contributed by atoms with Gasteiger partial charge in [-0.2, -0.15) is 0 Å². The van der Waals surface area contributed by atoms with Crippen molar-refractivity contribution in [3.63, 3.8) is 0 Å². The number of rotatable bonds is 8. The Morgan fingerprint density at radius 2 is 1.79 bits per heavy atom. The minimum absolute atomic E-state index is 0.282. The Morgan fingerprint density at radius 3 is 2.56 bits per heavy atom. The van der Waals surface area contributed by atoms with Gasteiger partial charge in [-0.1, -0.05) is 42.0 Å². The maximum absolute atomic E-state index is 12.8. The molecular formula is C25H25N5O4. The topological polar surface area (TPSA) is 107 Å². The second kappa shape index (κ2) is 10.0. The van der Waals surface area contributed by atoms with Crippen molar-refractivity contribution in [1.29, 1.82) is 0 Å². The fourth-order valence-electron chi connectivity index (χ4n) is 3.42. The van der Waals surface area contributed by atoms with Crippen LogP contribution in [0.15, 0.2) is 71.7 Å². The zero-order valence-electron chi connectivity index (χ0n) is 18.9. The van der Waals surface area contributed by atoms with Gasteiger partial charge in [0, 0.05) is 12.7 Å². The molecule has 0 unspecified atom stereocenters. The Labute approximate surface area is 196 Å². The van der Waals surface area contributed by atoms with Gasteiger partial charge in [0.15, 0.2) is 5.65 Å². The third kappa shape index (κ3) is 5.15. The number of aryl methyl sites for hydroxylation is 1. The number of nitrogens with one attached hydrogen (secondary N) is 2. The molecule has 2 N–H and O–H groups in total. The maximum atomic E-state index is 12.8. The molecule has 4 aromatic rings. The second-order valence-corrected chi connectivity index (χ2v) is 7.73. The molecule has 2 aromatic heterocycles. The van der Waals surface area contributed by atoms with E-state index in [2.05, 4.69) is 15.7 Å². The van der Waals surface area contributed by atoms with Gasteiger partial charge in [-0.15, -0.1) is 5.10 Å². The third-order valence-electron chi connectivity index (χ3n) is 5.17. The Hall–Kier alpha value is -4.40. The summed E-state index contributed by atoms with van der Waals surface area (Å²) in [6.07, 6.45) is 1.42. The van der Waals surface area contributed by atoms with Crippen molar-refractivity contribution in [1.82, 2.24) is 19.5 Å². The lowest BCUT2D eigenvalue weighted by atomic mass is 10.1. The summed E-state index contributed by atoms with van der Waals surface area (Å²) >= 11 is 0. The normalized spacial score (nSPS) is 10.8. The van der Waals surface area contributed by atoms with Crippen molar-refractivity contribution < 1.29 is 14.3 Å². The predicted octanol–water partition coefficient (Wildman–Crippen LogP) is 2.77. The van der Waals surface area contributed by atoms with E-state index >= 15 is 0 Å². The number of ether oxygens (including phenoxy) is 1. The molecule has 0 saturated heterocycles. The number of hydrogen-bond acceptors (Lipinski definition) is 5. The molecule has 9 heteroatoms. The Bertz CT molecular complexity index is 1390. The molecule has 0 spiro atoms. The van der Waals surface area contributed by atoms with Crippen LogP contribution < -0.4 is 21.1 Å². The van der Waals surface area contributed by atoms with Crippen molar-refractivity contribution in [2.24, 2.45) is 0 Å². The summed E-state index contributed by atoms with van der Waals surface area (Å²) in [4.78, 5) is 37.9. The van der Waals surface area contributed by atoms with Crippen molar-refractivity contribution in [2.45, 2.75) is 26.9 Å². The van der Waals surface area contributed by atoms with E-state index in [-0.39, 0.29) is 12.5 Å². The average molecular weight is 460 g/mol. The SMILES string of the molecule is CCOc1ccccc1NC(=O)Cn1nc2ccc(C(=O)NCc3ccc(C)cc3)cn2c1=O. The van der Waals surface area contributed by atoms with E-state index < -0.39 is 11.6 Å². The molecule has 0 saturated carbocycles. The maximum Gasteiger partial charge on any atom is 0.350 e. The zero-order valence-corrected chi connectivity index (χ0v) is 18.9. The van der Waals surface area contributed by atoms with E-state index in [9.17, 15) is 14.4 Å². The van der Waals surface area contributed by atoms with Gasteiger partial charge in [-0.3, -0.25) is 9.59 Å². The van der Waals surface area contributed by atoms with Crippen LogP contribution in [0.5, 0.6) is 5.75 Å². The van der Waals surface area contributed by atoms with Crippen LogP contribution >= 0.6 is 0 Å². The van der Waals surface area contributed by atoms with E-state index in [1.807, 2.05) is 44.2 Å². The predicted molar refractivity (Wildman–Crippen MR) is 128 cm³/mol. The van der Waals surface area contributed by atoms with Gasteiger partial charge in [0.2, 0.25) is 5.91 Å². The minimum atomic E-state index is -0.517. The van der Waals surface area contributed by atoms with Crippen LogP contribution in [0, 0.1) is 6.92 Å². The quantitative estimate of drug-likeness (QED) is 0.421. The van der Waals surface area contributed by atoms with Gasteiger partial charge in [-0.25, -0.2) is 13.9 Å². The first-order chi connectivity index (χ1) is 16.4. The molecule has 0 atom stereocenters. The largest absolute Gasteiger partial charge is 0.492 e. The first-order valence-corrected chi connectivity index (χ1v) is 10.9. The van der Waals surface area contributed by atoms with Gasteiger partial charge >= 0.3 is 5.69 Å². The van der Waals surface area contributed by atoms with Gasteiger partial charge in [0.25, 0.3) is 5.91 Å². The molecule has 34 heavy (non-hydrogen) atoms. The van der Waals surface area contributed by atoms with E-state index in [0.29, 0.717) is 35.8 Å². The number of carbonyl (C=O) groups excluding carboxylic acids is 2. The van der Waals surface area contributed by atoms with E-state index in [1.54, 1.807) is 30.3 Å². The number of anilines is 1. The molecule has 0 aliphatic heterocycles. The highest BCUT2D eigenvalue weighted by Crippen LogP contribution is 2.23.